The molecule has 1 fully saturated rings. The molecule has 1 aliphatic rings. The molecule has 6 heteroatoms. The van der Waals surface area contributed by atoms with Crippen LogP contribution in [0.25, 0.3) is 0 Å². The molecule has 0 spiro atoms. The Morgan fingerprint density at radius 1 is 1.30 bits per heavy atom. The van der Waals surface area contributed by atoms with Crippen molar-refractivity contribution in [1.82, 2.24) is 4.90 Å². The monoisotopic (exact) mass is 277 g/mol. The summed E-state index contributed by atoms with van der Waals surface area (Å²) >= 11 is 0. The lowest BCUT2D eigenvalue weighted by Gasteiger charge is -2.16. The summed E-state index contributed by atoms with van der Waals surface area (Å²) < 4.78 is 5.43. The quantitative estimate of drug-likeness (QED) is 0.782. The minimum Gasteiger partial charge on any atom is -0.484 e. The van der Waals surface area contributed by atoms with Crippen molar-refractivity contribution >= 4 is 11.8 Å². The van der Waals surface area contributed by atoms with Gasteiger partial charge in [0.2, 0.25) is 5.91 Å². The van der Waals surface area contributed by atoms with E-state index in [1.165, 1.54) is 0 Å². The number of nitrogens with two attached hydrogens (primary N) is 2. The minimum absolute atomic E-state index is 0.0343. The number of ether oxygens (including phenoxy) is 1. The van der Waals surface area contributed by atoms with E-state index in [4.69, 9.17) is 16.2 Å². The maximum Gasteiger partial charge on any atom is 0.260 e. The summed E-state index contributed by atoms with van der Waals surface area (Å²) in [6.45, 7) is 1.39. The third-order valence-electron chi connectivity index (χ3n) is 3.46. The summed E-state index contributed by atoms with van der Waals surface area (Å²) in [6, 6.07) is 7.29. The van der Waals surface area contributed by atoms with Crippen molar-refractivity contribution in [2.24, 2.45) is 17.4 Å². The molecule has 0 radical (unpaired) electrons. The summed E-state index contributed by atoms with van der Waals surface area (Å²) in [5.41, 5.74) is 11.7. The fourth-order valence-electron chi connectivity index (χ4n) is 2.18. The first-order valence-corrected chi connectivity index (χ1v) is 6.59. The topological polar surface area (TPSA) is 98.7 Å². The van der Waals surface area contributed by atoms with Crippen LogP contribution < -0.4 is 16.2 Å². The van der Waals surface area contributed by atoms with Gasteiger partial charge in [-0.15, -0.1) is 0 Å². The van der Waals surface area contributed by atoms with E-state index in [2.05, 4.69) is 0 Å². The third-order valence-corrected chi connectivity index (χ3v) is 3.46. The van der Waals surface area contributed by atoms with Gasteiger partial charge >= 0.3 is 0 Å². The van der Waals surface area contributed by atoms with Crippen molar-refractivity contribution in [1.29, 1.82) is 0 Å². The van der Waals surface area contributed by atoms with Crippen LogP contribution in [0, 0.1) is 5.92 Å². The second-order valence-corrected chi connectivity index (χ2v) is 4.86. The molecule has 0 bridgehead atoms. The van der Waals surface area contributed by atoms with Gasteiger partial charge < -0.3 is 21.1 Å². The number of carbonyl (C=O) groups excluding carboxylic acids is 2. The highest BCUT2D eigenvalue weighted by Crippen LogP contribution is 2.16. The largest absolute Gasteiger partial charge is 0.484 e. The van der Waals surface area contributed by atoms with E-state index < -0.39 is 0 Å². The zero-order valence-corrected chi connectivity index (χ0v) is 11.2. The van der Waals surface area contributed by atoms with E-state index in [0.717, 1.165) is 5.56 Å². The van der Waals surface area contributed by atoms with Crippen LogP contribution in [-0.2, 0) is 16.1 Å². The number of primary amides is 1. The van der Waals surface area contributed by atoms with E-state index in [9.17, 15) is 9.59 Å². The molecule has 20 heavy (non-hydrogen) atoms. The van der Waals surface area contributed by atoms with Crippen LogP contribution in [0.4, 0.5) is 0 Å². The van der Waals surface area contributed by atoms with Gasteiger partial charge in [0.05, 0.1) is 5.92 Å². The molecule has 1 unspecified atom stereocenters. The molecule has 0 aliphatic carbocycles. The van der Waals surface area contributed by atoms with E-state index in [0.29, 0.717) is 31.8 Å². The zero-order valence-electron chi connectivity index (χ0n) is 11.2. The molecule has 108 valence electrons. The first-order chi connectivity index (χ1) is 9.60. The Labute approximate surface area is 117 Å². The van der Waals surface area contributed by atoms with Crippen molar-refractivity contribution < 1.29 is 14.3 Å². The number of carbonyl (C=O) groups is 2. The zero-order chi connectivity index (χ0) is 14.5. The number of hydrogen-bond donors (Lipinski definition) is 2. The van der Waals surface area contributed by atoms with Gasteiger partial charge in [-0.05, 0) is 24.1 Å². The Morgan fingerprint density at radius 2 is 2.00 bits per heavy atom. The lowest BCUT2D eigenvalue weighted by molar-refractivity contribution is -0.132. The van der Waals surface area contributed by atoms with Crippen LogP contribution in [0.2, 0.25) is 0 Å². The Kier molecular flexibility index (Phi) is 4.57. The average molecular weight is 277 g/mol. The molecule has 1 heterocycles. The van der Waals surface area contributed by atoms with Crippen LogP contribution >= 0.6 is 0 Å². The molecule has 1 aromatic rings. The highest BCUT2D eigenvalue weighted by Gasteiger charge is 2.29. The molecular formula is C14H19N3O3. The summed E-state index contributed by atoms with van der Waals surface area (Å²) in [5, 5.41) is 0. The number of likely N-dealkylation sites (tertiary alicyclic amines) is 1. The van der Waals surface area contributed by atoms with Gasteiger partial charge in [0, 0.05) is 19.6 Å². The lowest BCUT2D eigenvalue weighted by Crippen LogP contribution is -2.34. The summed E-state index contributed by atoms with van der Waals surface area (Å²) in [7, 11) is 0. The lowest BCUT2D eigenvalue weighted by atomic mass is 10.1. The van der Waals surface area contributed by atoms with Crippen molar-refractivity contribution in [2.45, 2.75) is 13.0 Å². The number of amides is 2. The van der Waals surface area contributed by atoms with Gasteiger partial charge in [-0.1, -0.05) is 12.1 Å². The molecule has 1 aliphatic heterocycles. The summed E-state index contributed by atoms with van der Waals surface area (Å²) in [6.07, 6.45) is 0.631. The molecule has 1 aromatic carbocycles. The van der Waals surface area contributed by atoms with Crippen LogP contribution in [0.1, 0.15) is 12.0 Å². The number of nitrogens with zero attached hydrogens (tertiary/aromatic N) is 1. The van der Waals surface area contributed by atoms with E-state index >= 15 is 0 Å². The molecule has 4 N–H and O–H groups in total. The SMILES string of the molecule is NCc1ccc(OCC(=O)N2CCC(C(N)=O)C2)cc1. The van der Waals surface area contributed by atoms with Gasteiger partial charge in [0.25, 0.3) is 5.91 Å². The number of rotatable bonds is 5. The fourth-order valence-corrected chi connectivity index (χ4v) is 2.18. The molecule has 1 atom stereocenters. The molecule has 0 saturated carbocycles. The molecule has 0 aromatic heterocycles. The van der Waals surface area contributed by atoms with Gasteiger partial charge in [-0.2, -0.15) is 0 Å². The second kappa shape index (κ2) is 6.38. The normalized spacial score (nSPS) is 18.1. The predicted octanol–water partition coefficient (Wildman–Crippen LogP) is -0.142. The van der Waals surface area contributed by atoms with Crippen LogP contribution in [-0.4, -0.2) is 36.4 Å². The van der Waals surface area contributed by atoms with Crippen molar-refractivity contribution in [3.05, 3.63) is 29.8 Å². The van der Waals surface area contributed by atoms with E-state index in [1.54, 1.807) is 17.0 Å². The van der Waals surface area contributed by atoms with Crippen molar-refractivity contribution in [3.63, 3.8) is 0 Å². The van der Waals surface area contributed by atoms with Gasteiger partial charge in [-0.3, -0.25) is 9.59 Å². The Bertz CT molecular complexity index is 487. The Balaban J connectivity index is 1.81. The van der Waals surface area contributed by atoms with Crippen molar-refractivity contribution in [2.75, 3.05) is 19.7 Å². The Hall–Kier alpha value is -2.08. The summed E-state index contributed by atoms with van der Waals surface area (Å²) in [5.74, 6) is -0.0840. The number of hydrogen-bond acceptors (Lipinski definition) is 4. The molecule has 6 nitrogen and oxygen atoms in total. The second-order valence-electron chi connectivity index (χ2n) is 4.86. The molecule has 2 rings (SSSR count). The maximum atomic E-state index is 11.9. The first kappa shape index (κ1) is 14.3. The fraction of sp³-hybridized carbons (Fsp3) is 0.429. The van der Waals surface area contributed by atoms with Crippen LogP contribution in [0.5, 0.6) is 5.75 Å². The van der Waals surface area contributed by atoms with Crippen LogP contribution in [0.3, 0.4) is 0 Å². The highest BCUT2D eigenvalue weighted by atomic mass is 16.5. The van der Waals surface area contributed by atoms with Gasteiger partial charge in [0.1, 0.15) is 5.75 Å². The molecule has 1 saturated heterocycles. The van der Waals surface area contributed by atoms with E-state index in [-0.39, 0.29) is 24.3 Å². The van der Waals surface area contributed by atoms with Gasteiger partial charge in [-0.25, -0.2) is 0 Å². The number of benzene rings is 1. The van der Waals surface area contributed by atoms with Crippen LogP contribution in [0.15, 0.2) is 24.3 Å². The predicted molar refractivity (Wildman–Crippen MR) is 73.7 cm³/mol. The molecule has 2 amide bonds. The summed E-state index contributed by atoms with van der Waals surface area (Å²) in [4.78, 5) is 24.6. The third kappa shape index (κ3) is 3.48. The smallest absolute Gasteiger partial charge is 0.260 e. The minimum atomic E-state index is -0.349. The standard InChI is InChI=1S/C14H19N3O3/c15-7-10-1-3-12(4-2-10)20-9-13(18)17-6-5-11(8-17)14(16)19/h1-4,11H,5-9,15H2,(H2,16,19). The average Bonchev–Trinajstić information content (AvgIpc) is 2.95. The van der Waals surface area contributed by atoms with E-state index in [1.807, 2.05) is 12.1 Å². The Morgan fingerprint density at radius 3 is 2.55 bits per heavy atom. The van der Waals surface area contributed by atoms with Crippen molar-refractivity contribution in [3.8, 4) is 5.75 Å². The highest BCUT2D eigenvalue weighted by molar-refractivity contribution is 5.81. The molecular weight excluding hydrogens is 258 g/mol. The van der Waals surface area contributed by atoms with Gasteiger partial charge in [0.15, 0.2) is 6.61 Å². The first-order valence-electron chi connectivity index (χ1n) is 6.59. The maximum absolute atomic E-state index is 11.9.